The molecule has 0 aromatic carbocycles. The van der Waals surface area contributed by atoms with Gasteiger partial charge in [-0.25, -0.2) is 4.68 Å². The van der Waals surface area contributed by atoms with Gasteiger partial charge < -0.3 is 0 Å². The van der Waals surface area contributed by atoms with Crippen LogP contribution in [0.5, 0.6) is 0 Å². The van der Waals surface area contributed by atoms with Gasteiger partial charge in [-0.1, -0.05) is 5.21 Å². The molecule has 0 saturated heterocycles. The fourth-order valence-corrected chi connectivity index (χ4v) is 1.53. The van der Waals surface area contributed by atoms with E-state index in [1.807, 2.05) is 4.68 Å². The van der Waals surface area contributed by atoms with Crippen molar-refractivity contribution in [3.8, 4) is 0 Å². The zero-order valence-electron chi connectivity index (χ0n) is 5.55. The second kappa shape index (κ2) is 2.23. The molecule has 3 nitrogen and oxygen atoms in total. The first-order valence-electron chi connectivity index (χ1n) is 3.39. The third kappa shape index (κ3) is 0.736. The second-order valence-corrected chi connectivity index (χ2v) is 2.71. The Bertz CT molecular complexity index is 243. The maximum Gasteiger partial charge on any atom is 0.101 e. The van der Waals surface area contributed by atoms with Crippen LogP contribution in [-0.4, -0.2) is 15.0 Å². The second-order valence-electron chi connectivity index (χ2n) is 2.44. The van der Waals surface area contributed by atoms with Crippen molar-refractivity contribution in [3.05, 3.63) is 11.4 Å². The fraction of sp³-hybridized carbons (Fsp3) is 0.667. The molecule has 0 atom stereocenters. The van der Waals surface area contributed by atoms with Gasteiger partial charge in [0, 0.05) is 6.54 Å². The van der Waals surface area contributed by atoms with E-state index in [9.17, 15) is 0 Å². The Hall–Kier alpha value is -0.570. The number of alkyl halides is 1. The number of hydrogen-bond acceptors (Lipinski definition) is 2. The van der Waals surface area contributed by atoms with Crippen LogP contribution in [0.2, 0.25) is 0 Å². The van der Waals surface area contributed by atoms with Crippen molar-refractivity contribution in [1.29, 1.82) is 0 Å². The zero-order chi connectivity index (χ0) is 6.97. The lowest BCUT2D eigenvalue weighted by molar-refractivity contribution is 0.622. The molecule has 0 bridgehead atoms. The molecule has 0 radical (unpaired) electrons. The van der Waals surface area contributed by atoms with Crippen molar-refractivity contribution >= 4 is 11.6 Å². The standard InChI is InChI=1S/C6H8ClN3/c7-4-5-6-2-1-3-10(6)9-8-5/h1-4H2. The molecule has 1 aromatic heterocycles. The highest BCUT2D eigenvalue weighted by Gasteiger charge is 2.16. The van der Waals surface area contributed by atoms with Crippen LogP contribution in [0.4, 0.5) is 0 Å². The van der Waals surface area contributed by atoms with Gasteiger partial charge in [0.25, 0.3) is 0 Å². The smallest absolute Gasteiger partial charge is 0.101 e. The minimum absolute atomic E-state index is 0.495. The van der Waals surface area contributed by atoms with Crippen LogP contribution in [0.3, 0.4) is 0 Å². The molecule has 0 saturated carbocycles. The van der Waals surface area contributed by atoms with Crippen molar-refractivity contribution < 1.29 is 0 Å². The molecule has 2 heterocycles. The monoisotopic (exact) mass is 157 g/mol. The summed E-state index contributed by atoms with van der Waals surface area (Å²) in [4.78, 5) is 0. The minimum atomic E-state index is 0.495. The van der Waals surface area contributed by atoms with Crippen LogP contribution < -0.4 is 0 Å². The molecule has 4 heteroatoms. The highest BCUT2D eigenvalue weighted by Crippen LogP contribution is 2.16. The first-order chi connectivity index (χ1) is 4.92. The van der Waals surface area contributed by atoms with E-state index in [1.54, 1.807) is 0 Å². The number of rotatable bonds is 1. The molecule has 0 amide bonds. The Morgan fingerprint density at radius 1 is 1.60 bits per heavy atom. The third-order valence-corrected chi connectivity index (χ3v) is 2.08. The Balaban J connectivity index is 2.44. The van der Waals surface area contributed by atoms with Gasteiger partial charge in [-0.2, -0.15) is 0 Å². The molecule has 2 rings (SSSR count). The molecular formula is C6H8ClN3. The summed E-state index contributed by atoms with van der Waals surface area (Å²) in [5.41, 5.74) is 2.19. The first-order valence-corrected chi connectivity index (χ1v) is 3.92. The molecule has 0 aliphatic carbocycles. The SMILES string of the molecule is ClCc1nnn2c1CCC2. The van der Waals surface area contributed by atoms with Gasteiger partial charge >= 0.3 is 0 Å². The molecule has 0 unspecified atom stereocenters. The van der Waals surface area contributed by atoms with E-state index >= 15 is 0 Å². The zero-order valence-corrected chi connectivity index (χ0v) is 6.30. The quantitative estimate of drug-likeness (QED) is 0.569. The lowest BCUT2D eigenvalue weighted by Crippen LogP contribution is -1.93. The van der Waals surface area contributed by atoms with Crippen LogP contribution in [0.1, 0.15) is 17.8 Å². The van der Waals surface area contributed by atoms with E-state index in [1.165, 1.54) is 12.1 Å². The number of halogens is 1. The van der Waals surface area contributed by atoms with Gasteiger partial charge in [0.2, 0.25) is 0 Å². The molecular weight excluding hydrogens is 150 g/mol. The number of aryl methyl sites for hydroxylation is 1. The summed E-state index contributed by atoms with van der Waals surface area (Å²) in [6, 6.07) is 0. The van der Waals surface area contributed by atoms with Crippen molar-refractivity contribution in [2.24, 2.45) is 0 Å². The molecule has 1 aliphatic heterocycles. The summed E-state index contributed by atoms with van der Waals surface area (Å²) in [6.07, 6.45) is 2.28. The van der Waals surface area contributed by atoms with Gasteiger partial charge in [0.1, 0.15) is 5.69 Å². The van der Waals surface area contributed by atoms with E-state index in [-0.39, 0.29) is 0 Å². The largest absolute Gasteiger partial charge is 0.249 e. The summed E-state index contributed by atoms with van der Waals surface area (Å²) in [6.45, 7) is 1.01. The average molecular weight is 158 g/mol. The number of nitrogens with zero attached hydrogens (tertiary/aromatic N) is 3. The van der Waals surface area contributed by atoms with E-state index in [4.69, 9.17) is 11.6 Å². The molecule has 54 valence electrons. The van der Waals surface area contributed by atoms with Crippen LogP contribution >= 0.6 is 11.6 Å². The van der Waals surface area contributed by atoms with Gasteiger partial charge in [-0.3, -0.25) is 0 Å². The predicted molar refractivity (Wildman–Crippen MR) is 37.9 cm³/mol. The lowest BCUT2D eigenvalue weighted by atomic mass is 10.2. The van der Waals surface area contributed by atoms with Crippen LogP contribution in [-0.2, 0) is 18.8 Å². The number of hydrogen-bond donors (Lipinski definition) is 0. The molecule has 10 heavy (non-hydrogen) atoms. The predicted octanol–water partition coefficient (Wildman–Crippen LogP) is 0.963. The number of fused-ring (bicyclic) bond motifs is 1. The maximum absolute atomic E-state index is 5.64. The van der Waals surface area contributed by atoms with E-state index < -0.39 is 0 Å². The molecule has 1 aromatic rings. The third-order valence-electron chi connectivity index (χ3n) is 1.83. The van der Waals surface area contributed by atoms with E-state index in [0.29, 0.717) is 5.88 Å². The van der Waals surface area contributed by atoms with Crippen molar-refractivity contribution in [3.63, 3.8) is 0 Å². The summed E-state index contributed by atoms with van der Waals surface area (Å²) in [7, 11) is 0. The normalized spacial score (nSPS) is 15.7. The Morgan fingerprint density at radius 3 is 3.30 bits per heavy atom. The van der Waals surface area contributed by atoms with Crippen LogP contribution in [0, 0.1) is 0 Å². The molecule has 0 spiro atoms. The topological polar surface area (TPSA) is 30.7 Å². The van der Waals surface area contributed by atoms with Crippen LogP contribution in [0.25, 0.3) is 0 Å². The molecule has 0 N–H and O–H groups in total. The van der Waals surface area contributed by atoms with E-state index in [2.05, 4.69) is 10.3 Å². The Kier molecular flexibility index (Phi) is 1.38. The summed E-state index contributed by atoms with van der Waals surface area (Å²) in [5.74, 6) is 0.495. The summed E-state index contributed by atoms with van der Waals surface area (Å²) >= 11 is 5.64. The first kappa shape index (κ1) is 6.16. The highest BCUT2D eigenvalue weighted by molar-refractivity contribution is 6.16. The van der Waals surface area contributed by atoms with Crippen molar-refractivity contribution in [2.45, 2.75) is 25.3 Å². The van der Waals surface area contributed by atoms with Gasteiger partial charge in [0.05, 0.1) is 11.6 Å². The molecule has 1 aliphatic rings. The van der Waals surface area contributed by atoms with Gasteiger partial charge in [-0.15, -0.1) is 16.7 Å². The van der Waals surface area contributed by atoms with Crippen molar-refractivity contribution in [2.75, 3.05) is 0 Å². The summed E-state index contributed by atoms with van der Waals surface area (Å²) < 4.78 is 1.94. The van der Waals surface area contributed by atoms with Gasteiger partial charge in [-0.05, 0) is 12.8 Å². The average Bonchev–Trinajstić information content (AvgIpc) is 2.44. The number of aromatic nitrogens is 3. The lowest BCUT2D eigenvalue weighted by Gasteiger charge is -1.89. The fourth-order valence-electron chi connectivity index (χ4n) is 1.32. The Labute approximate surface area is 64.0 Å². The van der Waals surface area contributed by atoms with E-state index in [0.717, 1.165) is 18.7 Å². The molecule has 0 fully saturated rings. The Morgan fingerprint density at radius 2 is 2.50 bits per heavy atom. The summed E-state index contributed by atoms with van der Waals surface area (Å²) in [5, 5.41) is 7.89. The van der Waals surface area contributed by atoms with Gasteiger partial charge in [0.15, 0.2) is 0 Å². The van der Waals surface area contributed by atoms with Crippen LogP contribution in [0.15, 0.2) is 0 Å². The van der Waals surface area contributed by atoms with Crippen molar-refractivity contribution in [1.82, 2.24) is 15.0 Å². The highest BCUT2D eigenvalue weighted by atomic mass is 35.5. The minimum Gasteiger partial charge on any atom is -0.249 e. The maximum atomic E-state index is 5.64.